The van der Waals surface area contributed by atoms with Crippen molar-refractivity contribution in [3.63, 3.8) is 0 Å². The number of esters is 2. The fourth-order valence-electron chi connectivity index (χ4n) is 2.97. The van der Waals surface area contributed by atoms with Crippen LogP contribution in [0.2, 0.25) is 0 Å². The number of ether oxygens (including phenoxy) is 4. The van der Waals surface area contributed by atoms with E-state index in [2.05, 4.69) is 15.4 Å². The number of nitrogens with one attached hydrogen (secondary N) is 1. The first-order valence-corrected chi connectivity index (χ1v) is 11.5. The summed E-state index contributed by atoms with van der Waals surface area (Å²) in [5.41, 5.74) is 5.52. The Labute approximate surface area is 218 Å². The van der Waals surface area contributed by atoms with Crippen molar-refractivity contribution in [2.24, 2.45) is 17.1 Å². The van der Waals surface area contributed by atoms with Crippen LogP contribution in [0.15, 0.2) is 18.5 Å². The summed E-state index contributed by atoms with van der Waals surface area (Å²) in [4.78, 5) is 39.7. The van der Waals surface area contributed by atoms with Gasteiger partial charge < -0.3 is 34.9 Å². The molecule has 2 aromatic heterocycles. The Morgan fingerprint density at radius 1 is 1.16 bits per heavy atom. The molecule has 0 aromatic carbocycles. The van der Waals surface area contributed by atoms with Crippen molar-refractivity contribution in [2.45, 2.75) is 59.0 Å². The van der Waals surface area contributed by atoms with Crippen LogP contribution in [0.1, 0.15) is 46.4 Å². The van der Waals surface area contributed by atoms with E-state index in [4.69, 9.17) is 29.9 Å². The number of amides is 1. The number of carbonyl (C=O) groups is 3. The number of hydrogen-bond donors (Lipinski definition) is 4. The summed E-state index contributed by atoms with van der Waals surface area (Å²) >= 11 is 0. The minimum absolute atomic E-state index is 0.0111. The third-order valence-electron chi connectivity index (χ3n) is 5.35. The minimum Gasteiger partial charge on any atom is -0.460 e. The third kappa shape index (κ3) is 7.75. The Morgan fingerprint density at radius 2 is 1.84 bits per heavy atom. The van der Waals surface area contributed by atoms with Crippen molar-refractivity contribution >= 4 is 29.4 Å². The molecule has 0 bridgehead atoms. The Hall–Kier alpha value is -4.00. The molecule has 0 unspecified atom stereocenters. The number of rotatable bonds is 11. The second-order valence-electron chi connectivity index (χ2n) is 9.61. The molecular weight excluding hydrogens is 504 g/mol. The van der Waals surface area contributed by atoms with Gasteiger partial charge in [0.25, 0.3) is 6.26 Å². The lowest BCUT2D eigenvalue weighted by atomic mass is 9.87. The molecule has 2 heterocycles. The Kier molecular flexibility index (Phi) is 10.3. The molecule has 0 saturated carbocycles. The highest BCUT2D eigenvalue weighted by Gasteiger charge is 2.35. The van der Waals surface area contributed by atoms with Crippen molar-refractivity contribution in [3.05, 3.63) is 24.2 Å². The molecule has 2 aromatic rings. The summed E-state index contributed by atoms with van der Waals surface area (Å²) < 4.78 is 20.7. The Balaban J connectivity index is 2.12. The number of aromatic nitrogens is 3. The molecule has 0 aliphatic rings. The highest BCUT2D eigenvalue weighted by molar-refractivity contribution is 5.88. The van der Waals surface area contributed by atoms with Crippen LogP contribution in [-0.2, 0) is 28.5 Å². The largest absolute Gasteiger partial charge is 0.460 e. The monoisotopic (exact) mass is 536 g/mol. The first-order chi connectivity index (χ1) is 17.8. The van der Waals surface area contributed by atoms with Gasteiger partial charge in [0.1, 0.15) is 36.7 Å². The number of fused-ring (bicyclic) bond motifs is 1. The molecule has 4 atom stereocenters. The average Bonchev–Trinajstić information content (AvgIpc) is 3.29. The van der Waals surface area contributed by atoms with E-state index in [1.807, 2.05) is 0 Å². The number of aliphatic hydroxyl groups excluding tert-OH is 2. The van der Waals surface area contributed by atoms with Crippen LogP contribution in [0.25, 0.3) is 5.52 Å². The molecule has 0 aliphatic heterocycles. The van der Waals surface area contributed by atoms with Gasteiger partial charge in [-0.2, -0.15) is 10.4 Å². The Morgan fingerprint density at radius 3 is 2.45 bits per heavy atom. The molecule has 38 heavy (non-hydrogen) atoms. The zero-order chi connectivity index (χ0) is 28.6. The van der Waals surface area contributed by atoms with Gasteiger partial charge in [0.15, 0.2) is 11.9 Å². The number of nitrogens with zero attached hydrogens (tertiary/aromatic N) is 4. The number of carbonyl (C=O) groups excluding carboxylic acids is 3. The van der Waals surface area contributed by atoms with Crippen molar-refractivity contribution in [1.82, 2.24) is 14.6 Å². The van der Waals surface area contributed by atoms with Crippen LogP contribution in [0.3, 0.4) is 0 Å². The van der Waals surface area contributed by atoms with Crippen molar-refractivity contribution < 1.29 is 43.5 Å². The number of nitriles is 1. The topological polar surface area (TPSA) is 221 Å². The highest BCUT2D eigenvalue weighted by atomic mass is 16.7. The lowest BCUT2D eigenvalue weighted by Crippen LogP contribution is -2.45. The predicted octanol–water partition coefficient (Wildman–Crippen LogP) is 0.612. The summed E-state index contributed by atoms with van der Waals surface area (Å²) in [6, 6.07) is 1.87. The average molecular weight is 537 g/mol. The van der Waals surface area contributed by atoms with Crippen LogP contribution < -0.4 is 11.1 Å². The van der Waals surface area contributed by atoms with Crippen LogP contribution in [0, 0.1) is 22.9 Å². The first-order valence-electron chi connectivity index (χ1n) is 11.5. The maximum absolute atomic E-state index is 12.2. The molecule has 1 amide bonds. The molecule has 5 N–H and O–H groups in total. The van der Waals surface area contributed by atoms with Crippen LogP contribution in [0.5, 0.6) is 0 Å². The summed E-state index contributed by atoms with van der Waals surface area (Å²) in [6.45, 7) is 7.30. The molecule has 0 saturated heterocycles. The van der Waals surface area contributed by atoms with Crippen LogP contribution >= 0.6 is 0 Å². The SMILES string of the molecule is CC(C)C(=O)OCOC(=O)Nc1ncnn2c([C@H](O)[C@H](O)[C@@H](COC(=O)[C@@H](N)C(C)(C)C)OC#N)ccc12. The lowest BCUT2D eigenvalue weighted by molar-refractivity contribution is -0.156. The van der Waals surface area contributed by atoms with Gasteiger partial charge in [-0.05, 0) is 17.5 Å². The summed E-state index contributed by atoms with van der Waals surface area (Å²) in [6.07, 6.45) is -3.32. The third-order valence-corrected chi connectivity index (χ3v) is 5.35. The van der Waals surface area contributed by atoms with Gasteiger partial charge in [-0.25, -0.2) is 14.3 Å². The van der Waals surface area contributed by atoms with Gasteiger partial charge in [0.2, 0.25) is 6.79 Å². The van der Waals surface area contributed by atoms with E-state index >= 15 is 0 Å². The standard InChI is InChI=1S/C23H32N6O9/c1-12(2)20(32)37-11-38-22(34)28-19-14-7-6-13(29(14)27-10-26-19)16(30)17(31)15(36-9-24)8-35-21(33)18(25)23(3,4)5/h6-7,10,12,15-18,30-31H,8,11,25H2,1-5H3,(H,26,27,28,34)/t15-,16+,17-,18-/m1/s1. The zero-order valence-corrected chi connectivity index (χ0v) is 21.7. The van der Waals surface area contributed by atoms with E-state index in [1.165, 1.54) is 22.9 Å². The van der Waals surface area contributed by atoms with E-state index in [1.54, 1.807) is 34.6 Å². The lowest BCUT2D eigenvalue weighted by Gasteiger charge is -2.27. The Bertz CT molecular complexity index is 1170. The van der Waals surface area contributed by atoms with Gasteiger partial charge in [-0.15, -0.1) is 0 Å². The molecule has 0 aliphatic carbocycles. The molecule has 208 valence electrons. The molecule has 0 spiro atoms. The van der Waals surface area contributed by atoms with Crippen molar-refractivity contribution in [2.75, 3.05) is 18.7 Å². The number of aliphatic hydroxyl groups is 2. The quantitative estimate of drug-likeness (QED) is 0.176. The maximum atomic E-state index is 12.2. The summed E-state index contributed by atoms with van der Waals surface area (Å²) in [5.74, 6) is -1.72. The maximum Gasteiger partial charge on any atom is 0.415 e. The molecular formula is C23H32N6O9. The van der Waals surface area contributed by atoms with E-state index in [-0.39, 0.29) is 17.0 Å². The van der Waals surface area contributed by atoms with E-state index in [9.17, 15) is 24.6 Å². The van der Waals surface area contributed by atoms with E-state index in [0.29, 0.717) is 0 Å². The molecule has 15 nitrogen and oxygen atoms in total. The molecule has 0 fully saturated rings. The van der Waals surface area contributed by atoms with E-state index in [0.717, 1.165) is 6.33 Å². The molecule has 2 rings (SSSR count). The van der Waals surface area contributed by atoms with Gasteiger partial charge in [-0.3, -0.25) is 14.9 Å². The summed E-state index contributed by atoms with van der Waals surface area (Å²) in [5, 5.41) is 36.9. The number of hydrogen-bond acceptors (Lipinski definition) is 13. The van der Waals surface area contributed by atoms with Crippen molar-refractivity contribution in [1.29, 1.82) is 5.26 Å². The highest BCUT2D eigenvalue weighted by Crippen LogP contribution is 2.25. The van der Waals surface area contributed by atoms with Gasteiger partial charge >= 0.3 is 18.0 Å². The number of anilines is 1. The predicted molar refractivity (Wildman–Crippen MR) is 129 cm³/mol. The normalized spacial score (nSPS) is 14.6. The number of nitrogens with two attached hydrogens (primary N) is 1. The van der Waals surface area contributed by atoms with Gasteiger partial charge in [0, 0.05) is 0 Å². The van der Waals surface area contributed by atoms with Gasteiger partial charge in [0.05, 0.1) is 11.6 Å². The smallest absolute Gasteiger partial charge is 0.415 e. The molecule has 0 radical (unpaired) electrons. The second kappa shape index (κ2) is 13.0. The zero-order valence-electron chi connectivity index (χ0n) is 21.7. The minimum atomic E-state index is -1.74. The van der Waals surface area contributed by atoms with Gasteiger partial charge in [-0.1, -0.05) is 34.6 Å². The molecule has 15 heteroatoms. The van der Waals surface area contributed by atoms with Crippen LogP contribution in [0.4, 0.5) is 10.6 Å². The second-order valence-corrected chi connectivity index (χ2v) is 9.61. The fraction of sp³-hybridized carbons (Fsp3) is 0.565. The fourth-order valence-corrected chi connectivity index (χ4v) is 2.97. The summed E-state index contributed by atoms with van der Waals surface area (Å²) in [7, 11) is 0. The van der Waals surface area contributed by atoms with Crippen molar-refractivity contribution in [3.8, 4) is 6.26 Å². The first kappa shape index (κ1) is 30.2. The van der Waals surface area contributed by atoms with Crippen LogP contribution in [-0.4, -0.2) is 74.5 Å². The van der Waals surface area contributed by atoms with E-state index < -0.39 is 67.1 Å².